The molecule has 2 heterocycles. The number of rotatable bonds is 4. The van der Waals surface area contributed by atoms with Crippen molar-refractivity contribution >= 4 is 17.0 Å². The number of furan rings is 1. The molecule has 0 aliphatic heterocycles. The van der Waals surface area contributed by atoms with Crippen LogP contribution in [-0.2, 0) is 12.6 Å². The molecule has 0 amide bonds. The van der Waals surface area contributed by atoms with E-state index in [1.807, 2.05) is 42.5 Å². The summed E-state index contributed by atoms with van der Waals surface area (Å²) in [7, 11) is 3.44. The van der Waals surface area contributed by atoms with Gasteiger partial charge < -0.3 is 15.5 Å². The SMILES string of the molecule is CNc1nc2oc(-c3ccc(C4(N)CCC4)cc3)c(-c3ccccc3)c2c(=O)n1C. The van der Waals surface area contributed by atoms with E-state index in [9.17, 15) is 4.79 Å². The van der Waals surface area contributed by atoms with Crippen LogP contribution in [-0.4, -0.2) is 16.6 Å². The van der Waals surface area contributed by atoms with E-state index in [0.29, 0.717) is 22.8 Å². The second-order valence-electron chi connectivity index (χ2n) is 7.99. The van der Waals surface area contributed by atoms with Crippen molar-refractivity contribution in [2.75, 3.05) is 12.4 Å². The molecule has 1 fully saturated rings. The predicted molar refractivity (Wildman–Crippen MR) is 119 cm³/mol. The first kappa shape index (κ1) is 18.6. The van der Waals surface area contributed by atoms with Crippen molar-refractivity contribution in [3.05, 3.63) is 70.5 Å². The summed E-state index contributed by atoms with van der Waals surface area (Å²) in [6.45, 7) is 0. The lowest BCUT2D eigenvalue weighted by Crippen LogP contribution is -2.43. The highest BCUT2D eigenvalue weighted by atomic mass is 16.3. The van der Waals surface area contributed by atoms with Crippen molar-refractivity contribution in [1.82, 2.24) is 9.55 Å². The van der Waals surface area contributed by atoms with Gasteiger partial charge in [0.1, 0.15) is 11.1 Å². The van der Waals surface area contributed by atoms with Crippen LogP contribution < -0.4 is 16.6 Å². The van der Waals surface area contributed by atoms with Crippen LogP contribution in [0.4, 0.5) is 5.95 Å². The molecule has 0 spiro atoms. The Bertz CT molecular complexity index is 1280. The Morgan fingerprint density at radius 3 is 2.37 bits per heavy atom. The highest BCUT2D eigenvalue weighted by molar-refractivity contribution is 6.00. The van der Waals surface area contributed by atoms with E-state index >= 15 is 0 Å². The van der Waals surface area contributed by atoms with Crippen molar-refractivity contribution in [3.63, 3.8) is 0 Å². The minimum absolute atomic E-state index is 0.148. The van der Waals surface area contributed by atoms with Crippen molar-refractivity contribution in [2.45, 2.75) is 24.8 Å². The summed E-state index contributed by atoms with van der Waals surface area (Å²) in [4.78, 5) is 17.7. The Morgan fingerprint density at radius 1 is 1.07 bits per heavy atom. The van der Waals surface area contributed by atoms with E-state index in [1.165, 1.54) is 11.0 Å². The van der Waals surface area contributed by atoms with Gasteiger partial charge in [0.25, 0.3) is 5.56 Å². The van der Waals surface area contributed by atoms with Crippen molar-refractivity contribution in [2.24, 2.45) is 12.8 Å². The van der Waals surface area contributed by atoms with E-state index in [-0.39, 0.29) is 11.1 Å². The molecule has 2 aromatic heterocycles. The molecule has 0 unspecified atom stereocenters. The maximum atomic E-state index is 13.2. The van der Waals surface area contributed by atoms with Gasteiger partial charge in [0.15, 0.2) is 0 Å². The minimum Gasteiger partial charge on any atom is -0.437 e. The first-order chi connectivity index (χ1) is 14.5. The highest BCUT2D eigenvalue weighted by Gasteiger charge is 2.34. The molecule has 0 atom stereocenters. The first-order valence-corrected chi connectivity index (χ1v) is 10.2. The van der Waals surface area contributed by atoms with Crippen LogP contribution in [0, 0.1) is 0 Å². The van der Waals surface area contributed by atoms with Crippen LogP contribution in [0.15, 0.2) is 63.8 Å². The van der Waals surface area contributed by atoms with Crippen LogP contribution in [0.3, 0.4) is 0 Å². The molecule has 152 valence electrons. The van der Waals surface area contributed by atoms with Gasteiger partial charge >= 0.3 is 0 Å². The summed E-state index contributed by atoms with van der Waals surface area (Å²) in [6, 6.07) is 18.0. The van der Waals surface area contributed by atoms with Gasteiger partial charge in [-0.15, -0.1) is 0 Å². The van der Waals surface area contributed by atoms with E-state index < -0.39 is 0 Å². The number of hydrogen-bond donors (Lipinski definition) is 2. The Hall–Kier alpha value is -3.38. The predicted octanol–water partition coefficient (Wildman–Crippen LogP) is 4.24. The summed E-state index contributed by atoms with van der Waals surface area (Å²) < 4.78 is 7.69. The molecular weight excluding hydrogens is 376 g/mol. The largest absolute Gasteiger partial charge is 0.437 e. The monoisotopic (exact) mass is 400 g/mol. The van der Waals surface area contributed by atoms with Gasteiger partial charge in [-0.3, -0.25) is 9.36 Å². The third-order valence-electron chi connectivity index (χ3n) is 6.19. The summed E-state index contributed by atoms with van der Waals surface area (Å²) in [6.07, 6.45) is 3.20. The number of nitrogens with two attached hydrogens (primary N) is 1. The third kappa shape index (κ3) is 2.75. The molecular formula is C24H24N4O2. The Kier molecular flexibility index (Phi) is 4.25. The average Bonchev–Trinajstić information content (AvgIpc) is 3.15. The lowest BCUT2D eigenvalue weighted by atomic mass is 9.72. The topological polar surface area (TPSA) is 86.1 Å². The molecule has 0 radical (unpaired) electrons. The maximum Gasteiger partial charge on any atom is 0.266 e. The summed E-state index contributed by atoms with van der Waals surface area (Å²) in [5.41, 5.74) is 10.2. The number of nitrogens with one attached hydrogen (secondary N) is 1. The van der Waals surface area contributed by atoms with Crippen LogP contribution in [0.2, 0.25) is 0 Å². The van der Waals surface area contributed by atoms with Gasteiger partial charge in [0.05, 0.1) is 0 Å². The number of hydrogen-bond acceptors (Lipinski definition) is 5. The van der Waals surface area contributed by atoms with E-state index in [0.717, 1.165) is 35.1 Å². The number of aromatic nitrogens is 2. The Morgan fingerprint density at radius 2 is 1.77 bits per heavy atom. The average molecular weight is 400 g/mol. The lowest BCUT2D eigenvalue weighted by molar-refractivity contribution is 0.253. The fourth-order valence-electron chi connectivity index (χ4n) is 4.24. The lowest BCUT2D eigenvalue weighted by Gasteiger charge is -2.38. The summed E-state index contributed by atoms with van der Waals surface area (Å²) in [5.74, 6) is 1.10. The summed E-state index contributed by atoms with van der Waals surface area (Å²) in [5, 5.41) is 3.43. The Balaban J connectivity index is 1.75. The van der Waals surface area contributed by atoms with Crippen LogP contribution >= 0.6 is 0 Å². The molecule has 0 saturated heterocycles. The first-order valence-electron chi connectivity index (χ1n) is 10.2. The van der Waals surface area contributed by atoms with E-state index in [1.54, 1.807) is 14.1 Å². The zero-order chi connectivity index (χ0) is 20.9. The molecule has 0 bridgehead atoms. The molecule has 6 nitrogen and oxygen atoms in total. The smallest absolute Gasteiger partial charge is 0.266 e. The second kappa shape index (κ2) is 6.85. The van der Waals surface area contributed by atoms with Gasteiger partial charge in [-0.1, -0.05) is 54.6 Å². The normalized spacial score (nSPS) is 15.2. The molecule has 6 heteroatoms. The molecule has 1 saturated carbocycles. The number of anilines is 1. The zero-order valence-corrected chi connectivity index (χ0v) is 17.1. The molecule has 1 aliphatic carbocycles. The van der Waals surface area contributed by atoms with Gasteiger partial charge in [-0.2, -0.15) is 4.98 Å². The van der Waals surface area contributed by atoms with Crippen molar-refractivity contribution in [3.8, 4) is 22.5 Å². The van der Waals surface area contributed by atoms with Gasteiger partial charge in [-0.25, -0.2) is 0 Å². The molecule has 4 aromatic rings. The van der Waals surface area contributed by atoms with Crippen molar-refractivity contribution < 1.29 is 4.42 Å². The molecule has 1 aliphatic rings. The summed E-state index contributed by atoms with van der Waals surface area (Å²) >= 11 is 0. The van der Waals surface area contributed by atoms with Crippen LogP contribution in [0.25, 0.3) is 33.6 Å². The fourth-order valence-corrected chi connectivity index (χ4v) is 4.24. The Labute approximate surface area is 174 Å². The van der Waals surface area contributed by atoms with E-state index in [2.05, 4.69) is 22.4 Å². The zero-order valence-electron chi connectivity index (χ0n) is 17.1. The van der Waals surface area contributed by atoms with E-state index in [4.69, 9.17) is 10.2 Å². The highest BCUT2D eigenvalue weighted by Crippen LogP contribution is 2.42. The molecule has 3 N–H and O–H groups in total. The maximum absolute atomic E-state index is 13.2. The minimum atomic E-state index is -0.214. The van der Waals surface area contributed by atoms with Crippen LogP contribution in [0.5, 0.6) is 0 Å². The van der Waals surface area contributed by atoms with Crippen LogP contribution in [0.1, 0.15) is 24.8 Å². The van der Waals surface area contributed by atoms with Gasteiger partial charge in [0, 0.05) is 30.8 Å². The van der Waals surface area contributed by atoms with Gasteiger partial charge in [0.2, 0.25) is 11.7 Å². The molecule has 30 heavy (non-hydrogen) atoms. The molecule has 5 rings (SSSR count). The third-order valence-corrected chi connectivity index (χ3v) is 6.19. The quantitative estimate of drug-likeness (QED) is 0.535. The number of benzene rings is 2. The standard InChI is InChI=1S/C24H24N4O2/c1-26-23-27-21-19(22(29)28(23)2)18(15-7-4-3-5-8-15)20(30-21)16-9-11-17(12-10-16)24(25)13-6-14-24/h3-5,7-12H,6,13-14,25H2,1-2H3,(H,26,27). The fraction of sp³-hybridized carbons (Fsp3) is 0.250. The number of nitrogens with zero attached hydrogens (tertiary/aromatic N) is 2. The van der Waals surface area contributed by atoms with Gasteiger partial charge in [-0.05, 0) is 30.4 Å². The second-order valence-corrected chi connectivity index (χ2v) is 7.99. The number of fused-ring (bicyclic) bond motifs is 1. The van der Waals surface area contributed by atoms with Crippen molar-refractivity contribution in [1.29, 1.82) is 0 Å². The molecule has 2 aromatic carbocycles.